The number of nitrogens with zero attached hydrogens (tertiary/aromatic N) is 1. The lowest BCUT2D eigenvalue weighted by Gasteiger charge is -2.40. The van der Waals surface area contributed by atoms with Crippen LogP contribution in [-0.4, -0.2) is 42.3 Å². The highest BCUT2D eigenvalue weighted by molar-refractivity contribution is 5.74. The van der Waals surface area contributed by atoms with Crippen LogP contribution in [0.5, 0.6) is 5.75 Å². The summed E-state index contributed by atoms with van der Waals surface area (Å²) in [4.78, 5) is 14.2. The average molecular weight is 348 g/mol. The number of urea groups is 1. The number of aliphatic hydroxyl groups is 1. The molecule has 0 spiro atoms. The Morgan fingerprint density at radius 1 is 1.36 bits per heavy atom. The number of hydrogen-bond acceptors (Lipinski definition) is 3. The number of carbonyl (C=O) groups is 1. The quantitative estimate of drug-likeness (QED) is 0.794. The number of benzene rings is 1. The molecule has 5 heteroatoms. The lowest BCUT2D eigenvalue weighted by Crippen LogP contribution is -2.48. The molecule has 2 rings (SSSR count). The predicted molar refractivity (Wildman–Crippen MR) is 99.6 cm³/mol. The summed E-state index contributed by atoms with van der Waals surface area (Å²) in [7, 11) is 0. The number of likely N-dealkylation sites (tertiary alicyclic amines) is 1. The minimum absolute atomic E-state index is 0.00113. The van der Waals surface area contributed by atoms with E-state index in [1.54, 1.807) is 0 Å². The van der Waals surface area contributed by atoms with Crippen LogP contribution in [0.1, 0.15) is 45.6 Å². The fraction of sp³-hybridized carbons (Fsp3) is 0.650. The lowest BCUT2D eigenvalue weighted by atomic mass is 9.77. The largest absolute Gasteiger partial charge is 0.493 e. The summed E-state index contributed by atoms with van der Waals surface area (Å²) in [6.45, 7) is 9.15. The highest BCUT2D eigenvalue weighted by Crippen LogP contribution is 2.34. The van der Waals surface area contributed by atoms with Crippen LogP contribution < -0.4 is 10.1 Å². The zero-order valence-electron chi connectivity index (χ0n) is 15.8. The van der Waals surface area contributed by atoms with E-state index in [0.717, 1.165) is 30.6 Å². The Labute approximate surface area is 151 Å². The number of rotatable bonds is 7. The molecule has 1 heterocycles. The summed E-state index contributed by atoms with van der Waals surface area (Å²) in [6, 6.07) is 7.84. The average Bonchev–Trinajstić information content (AvgIpc) is 2.65. The first-order chi connectivity index (χ1) is 12.0. The zero-order chi connectivity index (χ0) is 18.3. The highest BCUT2D eigenvalue weighted by Gasteiger charge is 2.33. The smallest absolute Gasteiger partial charge is 0.317 e. The molecule has 0 saturated carbocycles. The summed E-state index contributed by atoms with van der Waals surface area (Å²) in [5.41, 5.74) is 1.03. The number of amides is 2. The van der Waals surface area contributed by atoms with Gasteiger partial charge >= 0.3 is 6.03 Å². The van der Waals surface area contributed by atoms with Crippen molar-refractivity contribution >= 4 is 6.03 Å². The van der Waals surface area contributed by atoms with E-state index in [2.05, 4.69) is 26.1 Å². The van der Waals surface area contributed by atoms with Crippen molar-refractivity contribution in [2.24, 2.45) is 11.3 Å². The van der Waals surface area contributed by atoms with E-state index in [1.165, 1.54) is 0 Å². The van der Waals surface area contributed by atoms with Gasteiger partial charge in [-0.05, 0) is 48.3 Å². The van der Waals surface area contributed by atoms with E-state index in [9.17, 15) is 9.90 Å². The standard InChI is InChI=1S/C20H32N2O3/c1-4-20(15-23)8-10-22(11-9-20)19(24)21-13-17-6-5-7-18(12-17)25-14-16(2)3/h5-7,12,16,23H,4,8-11,13-15H2,1-3H3,(H,21,24). The first kappa shape index (κ1) is 19.6. The Morgan fingerprint density at radius 3 is 2.68 bits per heavy atom. The van der Waals surface area contributed by atoms with Crippen LogP contribution in [0, 0.1) is 11.3 Å². The SMILES string of the molecule is CCC1(CO)CCN(C(=O)NCc2cccc(OCC(C)C)c2)CC1. The molecule has 1 aliphatic rings. The molecule has 140 valence electrons. The Bertz CT molecular complexity index is 546. The van der Waals surface area contributed by atoms with E-state index < -0.39 is 0 Å². The molecule has 1 aromatic carbocycles. The molecule has 0 atom stereocenters. The second-order valence-electron chi connectivity index (χ2n) is 7.51. The molecule has 0 aliphatic carbocycles. The van der Waals surface area contributed by atoms with Gasteiger partial charge in [0.15, 0.2) is 0 Å². The monoisotopic (exact) mass is 348 g/mol. The molecule has 1 aliphatic heterocycles. The number of piperidine rings is 1. The van der Waals surface area contributed by atoms with Gasteiger partial charge in [-0.3, -0.25) is 0 Å². The number of nitrogens with one attached hydrogen (secondary N) is 1. The first-order valence-corrected chi connectivity index (χ1v) is 9.33. The van der Waals surface area contributed by atoms with Crippen LogP contribution in [0.25, 0.3) is 0 Å². The molecular weight excluding hydrogens is 316 g/mol. The van der Waals surface area contributed by atoms with Gasteiger partial charge in [0.05, 0.1) is 6.61 Å². The van der Waals surface area contributed by atoms with Crippen molar-refractivity contribution in [3.8, 4) is 5.75 Å². The second-order valence-corrected chi connectivity index (χ2v) is 7.51. The summed E-state index contributed by atoms with van der Waals surface area (Å²) in [5, 5.41) is 12.6. The van der Waals surface area contributed by atoms with Gasteiger partial charge in [0, 0.05) is 26.2 Å². The Hall–Kier alpha value is -1.75. The van der Waals surface area contributed by atoms with E-state index in [1.807, 2.05) is 29.2 Å². The Morgan fingerprint density at radius 2 is 2.08 bits per heavy atom. The van der Waals surface area contributed by atoms with Crippen molar-refractivity contribution in [2.45, 2.75) is 46.6 Å². The Balaban J connectivity index is 1.81. The van der Waals surface area contributed by atoms with Crippen molar-refractivity contribution in [2.75, 3.05) is 26.3 Å². The second kappa shape index (κ2) is 9.09. The normalized spacial score (nSPS) is 16.8. The molecule has 25 heavy (non-hydrogen) atoms. The van der Waals surface area contributed by atoms with Crippen LogP contribution in [0.4, 0.5) is 4.79 Å². The number of aliphatic hydroxyl groups excluding tert-OH is 1. The van der Waals surface area contributed by atoms with Crippen molar-refractivity contribution < 1.29 is 14.6 Å². The fourth-order valence-corrected chi connectivity index (χ4v) is 3.11. The maximum atomic E-state index is 12.4. The molecule has 1 saturated heterocycles. The Kier molecular flexibility index (Phi) is 7.12. The predicted octanol–water partition coefficient (Wildman–Crippen LogP) is 3.42. The maximum Gasteiger partial charge on any atom is 0.317 e. The topological polar surface area (TPSA) is 61.8 Å². The van der Waals surface area contributed by atoms with E-state index >= 15 is 0 Å². The van der Waals surface area contributed by atoms with Crippen molar-refractivity contribution in [1.82, 2.24) is 10.2 Å². The molecule has 1 aromatic rings. The van der Waals surface area contributed by atoms with Gasteiger partial charge < -0.3 is 20.1 Å². The molecule has 1 fully saturated rings. The van der Waals surface area contributed by atoms with Gasteiger partial charge in [-0.15, -0.1) is 0 Å². The fourth-order valence-electron chi connectivity index (χ4n) is 3.11. The first-order valence-electron chi connectivity index (χ1n) is 9.33. The van der Waals surface area contributed by atoms with Crippen LogP contribution in [0.3, 0.4) is 0 Å². The van der Waals surface area contributed by atoms with Gasteiger partial charge in [0.1, 0.15) is 5.75 Å². The molecule has 5 nitrogen and oxygen atoms in total. The van der Waals surface area contributed by atoms with Gasteiger partial charge in [-0.1, -0.05) is 32.9 Å². The number of ether oxygens (including phenoxy) is 1. The maximum absolute atomic E-state index is 12.4. The molecule has 0 aromatic heterocycles. The minimum atomic E-state index is -0.0313. The van der Waals surface area contributed by atoms with E-state index in [4.69, 9.17) is 4.74 Å². The summed E-state index contributed by atoms with van der Waals surface area (Å²) < 4.78 is 5.73. The van der Waals surface area contributed by atoms with E-state index in [-0.39, 0.29) is 18.1 Å². The zero-order valence-corrected chi connectivity index (χ0v) is 15.8. The third-order valence-corrected chi connectivity index (χ3v) is 5.12. The van der Waals surface area contributed by atoms with E-state index in [0.29, 0.717) is 32.2 Å². The number of hydrogen-bond donors (Lipinski definition) is 2. The molecule has 2 N–H and O–H groups in total. The molecule has 0 radical (unpaired) electrons. The van der Waals surface area contributed by atoms with Gasteiger partial charge in [-0.2, -0.15) is 0 Å². The third-order valence-electron chi connectivity index (χ3n) is 5.12. The van der Waals surface area contributed by atoms with Crippen LogP contribution >= 0.6 is 0 Å². The summed E-state index contributed by atoms with van der Waals surface area (Å²) in [6.07, 6.45) is 2.69. The van der Waals surface area contributed by atoms with Crippen LogP contribution in [-0.2, 0) is 6.54 Å². The van der Waals surface area contributed by atoms with Crippen LogP contribution in [0.15, 0.2) is 24.3 Å². The lowest BCUT2D eigenvalue weighted by molar-refractivity contribution is 0.0519. The molecule has 0 unspecified atom stereocenters. The number of carbonyl (C=O) groups excluding carboxylic acids is 1. The van der Waals surface area contributed by atoms with Crippen LogP contribution in [0.2, 0.25) is 0 Å². The van der Waals surface area contributed by atoms with Gasteiger partial charge in [-0.25, -0.2) is 4.79 Å². The highest BCUT2D eigenvalue weighted by atomic mass is 16.5. The summed E-state index contributed by atoms with van der Waals surface area (Å²) in [5.74, 6) is 1.32. The summed E-state index contributed by atoms with van der Waals surface area (Å²) >= 11 is 0. The molecular formula is C20H32N2O3. The molecule has 2 amide bonds. The minimum Gasteiger partial charge on any atom is -0.493 e. The van der Waals surface area contributed by atoms with Crippen molar-refractivity contribution in [3.63, 3.8) is 0 Å². The van der Waals surface area contributed by atoms with Gasteiger partial charge in [0.25, 0.3) is 0 Å². The van der Waals surface area contributed by atoms with Gasteiger partial charge in [0.2, 0.25) is 0 Å². The third kappa shape index (κ3) is 5.63. The molecule has 0 bridgehead atoms. The van der Waals surface area contributed by atoms with Crippen molar-refractivity contribution in [1.29, 1.82) is 0 Å². The van der Waals surface area contributed by atoms with Crippen molar-refractivity contribution in [3.05, 3.63) is 29.8 Å².